The molecule has 26 heavy (non-hydrogen) atoms. The Kier molecular flexibility index (Phi) is 5.42. The number of benzene rings is 2. The van der Waals surface area contributed by atoms with Crippen molar-refractivity contribution in [1.82, 2.24) is 10.3 Å². The van der Waals surface area contributed by atoms with Gasteiger partial charge in [0.05, 0.1) is 18.3 Å². The van der Waals surface area contributed by atoms with Crippen LogP contribution in [0.15, 0.2) is 42.6 Å². The molecule has 0 spiro atoms. The number of amides is 1. The zero-order valence-corrected chi connectivity index (χ0v) is 16.1. The third kappa shape index (κ3) is 4.52. The van der Waals surface area contributed by atoms with E-state index in [0.717, 1.165) is 22.1 Å². The molecule has 6 heteroatoms. The van der Waals surface area contributed by atoms with E-state index in [0.29, 0.717) is 10.3 Å². The van der Waals surface area contributed by atoms with Gasteiger partial charge in [0.1, 0.15) is 5.75 Å². The number of carbonyl (C=O) groups excluding carboxylic acids is 1. The van der Waals surface area contributed by atoms with Crippen LogP contribution in [-0.4, -0.2) is 17.0 Å². The van der Waals surface area contributed by atoms with Crippen molar-refractivity contribution in [3.63, 3.8) is 0 Å². The maximum absolute atomic E-state index is 11.2. The van der Waals surface area contributed by atoms with Crippen LogP contribution < -0.4 is 14.8 Å². The van der Waals surface area contributed by atoms with Gasteiger partial charge < -0.3 is 14.8 Å². The Bertz CT molecular complexity index is 920. The van der Waals surface area contributed by atoms with E-state index in [9.17, 15) is 4.79 Å². The third-order valence-corrected chi connectivity index (χ3v) is 4.54. The summed E-state index contributed by atoms with van der Waals surface area (Å²) < 4.78 is 11.5. The summed E-state index contributed by atoms with van der Waals surface area (Å²) in [5.74, 6) is 0.714. The van der Waals surface area contributed by atoms with Crippen LogP contribution in [0.5, 0.6) is 16.0 Å². The molecule has 1 atom stereocenters. The van der Waals surface area contributed by atoms with Crippen LogP contribution in [0.25, 0.3) is 10.8 Å². The molecule has 1 N–H and O–H groups in total. The number of nitrogens with one attached hydrogen (secondary N) is 1. The first-order valence-corrected chi connectivity index (χ1v) is 9.33. The number of thiazole rings is 1. The zero-order valence-electron chi connectivity index (χ0n) is 15.3. The van der Waals surface area contributed by atoms with Crippen LogP contribution in [0.4, 0.5) is 0 Å². The summed E-state index contributed by atoms with van der Waals surface area (Å²) in [6.07, 6.45) is 1.76. The van der Waals surface area contributed by atoms with Gasteiger partial charge in [-0.2, -0.15) is 0 Å². The summed E-state index contributed by atoms with van der Waals surface area (Å²) in [5, 5.41) is 6.37. The second-order valence-electron chi connectivity index (χ2n) is 6.40. The van der Waals surface area contributed by atoms with Gasteiger partial charge in [0.2, 0.25) is 11.0 Å². The van der Waals surface area contributed by atoms with E-state index >= 15 is 0 Å². The lowest BCUT2D eigenvalue weighted by atomic mass is 10.0. The normalized spacial score (nSPS) is 12.2. The van der Waals surface area contributed by atoms with E-state index in [4.69, 9.17) is 9.47 Å². The molecule has 5 nitrogen and oxygen atoms in total. The lowest BCUT2D eigenvalue weighted by molar-refractivity contribution is -0.119. The maximum atomic E-state index is 11.2. The molecule has 0 fully saturated rings. The summed E-state index contributed by atoms with van der Waals surface area (Å²) in [4.78, 5) is 15.4. The second-order valence-corrected chi connectivity index (χ2v) is 7.36. The molecule has 1 amide bonds. The summed E-state index contributed by atoms with van der Waals surface area (Å²) in [6, 6.07) is 12.1. The molecule has 1 heterocycles. The summed E-state index contributed by atoms with van der Waals surface area (Å²) in [7, 11) is 0. The summed E-state index contributed by atoms with van der Waals surface area (Å²) >= 11 is 1.38. The highest BCUT2D eigenvalue weighted by atomic mass is 32.1. The summed E-state index contributed by atoms with van der Waals surface area (Å²) in [5.41, 5.74) is 1.07. The highest BCUT2D eigenvalue weighted by Crippen LogP contribution is 2.33. The van der Waals surface area contributed by atoms with Crippen LogP contribution in [0.1, 0.15) is 39.3 Å². The van der Waals surface area contributed by atoms with Crippen LogP contribution in [-0.2, 0) is 4.79 Å². The highest BCUT2D eigenvalue weighted by Gasteiger charge is 2.09. The smallest absolute Gasteiger partial charge is 0.276 e. The van der Waals surface area contributed by atoms with Gasteiger partial charge in [0.15, 0.2) is 0 Å². The Morgan fingerprint density at radius 2 is 1.85 bits per heavy atom. The second kappa shape index (κ2) is 7.74. The molecular formula is C20H22N2O3S. The number of ether oxygens (including phenoxy) is 2. The fraction of sp³-hybridized carbons (Fsp3) is 0.300. The monoisotopic (exact) mass is 370 g/mol. The van der Waals surface area contributed by atoms with Gasteiger partial charge in [0.25, 0.3) is 5.19 Å². The predicted octanol–water partition coefficient (Wildman–Crippen LogP) is 5.07. The lowest BCUT2D eigenvalue weighted by Gasteiger charge is -2.14. The van der Waals surface area contributed by atoms with E-state index in [1.807, 2.05) is 51.1 Å². The van der Waals surface area contributed by atoms with Crippen molar-refractivity contribution in [2.75, 3.05) is 0 Å². The fourth-order valence-corrected chi connectivity index (χ4v) is 3.39. The van der Waals surface area contributed by atoms with Crippen molar-refractivity contribution >= 4 is 28.0 Å². The molecule has 0 aliphatic heterocycles. The van der Waals surface area contributed by atoms with Crippen molar-refractivity contribution in [3.8, 4) is 16.0 Å². The Labute approximate surface area is 157 Å². The van der Waals surface area contributed by atoms with Gasteiger partial charge in [-0.25, -0.2) is 4.98 Å². The van der Waals surface area contributed by atoms with Gasteiger partial charge in [-0.1, -0.05) is 18.2 Å². The Balaban J connectivity index is 1.77. The van der Waals surface area contributed by atoms with Gasteiger partial charge in [0, 0.05) is 6.92 Å². The SMILES string of the molecule is CC(=O)NC(C)c1ccc2cc(Oc3cnc(OC(C)C)s3)ccc2c1. The average Bonchev–Trinajstić information content (AvgIpc) is 2.99. The average molecular weight is 370 g/mol. The number of nitrogens with zero attached hydrogens (tertiary/aromatic N) is 1. The van der Waals surface area contributed by atoms with Crippen LogP contribution >= 0.6 is 11.3 Å². The molecule has 1 aromatic heterocycles. The molecule has 136 valence electrons. The maximum Gasteiger partial charge on any atom is 0.276 e. The molecule has 0 radical (unpaired) electrons. The van der Waals surface area contributed by atoms with Crippen LogP contribution in [0, 0.1) is 0 Å². The van der Waals surface area contributed by atoms with E-state index in [2.05, 4.69) is 16.4 Å². The van der Waals surface area contributed by atoms with E-state index in [1.165, 1.54) is 18.3 Å². The Morgan fingerprint density at radius 3 is 2.58 bits per heavy atom. The van der Waals surface area contributed by atoms with Gasteiger partial charge in [-0.05, 0) is 66.6 Å². The minimum atomic E-state index is -0.0354. The molecular weight excluding hydrogens is 348 g/mol. The van der Waals surface area contributed by atoms with Gasteiger partial charge in [-0.15, -0.1) is 0 Å². The number of rotatable bonds is 6. The molecule has 0 saturated carbocycles. The standard InChI is InChI=1S/C20H22N2O3S/c1-12(2)24-20-21-11-19(26-20)25-18-8-7-16-9-15(5-6-17(16)10-18)13(3)22-14(4)23/h5-13H,1-4H3,(H,22,23). The quantitative estimate of drug-likeness (QED) is 0.658. The van der Waals surface area contributed by atoms with Crippen molar-refractivity contribution in [3.05, 3.63) is 48.2 Å². The number of carbonyl (C=O) groups is 1. The molecule has 0 saturated heterocycles. The zero-order chi connectivity index (χ0) is 18.7. The van der Waals surface area contributed by atoms with E-state index in [-0.39, 0.29) is 18.1 Å². The third-order valence-electron chi connectivity index (χ3n) is 3.77. The molecule has 1 unspecified atom stereocenters. The predicted molar refractivity (Wildman–Crippen MR) is 104 cm³/mol. The lowest BCUT2D eigenvalue weighted by Crippen LogP contribution is -2.23. The first-order chi connectivity index (χ1) is 12.4. The molecule has 3 aromatic rings. The van der Waals surface area contributed by atoms with Gasteiger partial charge in [-0.3, -0.25) is 4.79 Å². The molecule has 2 aromatic carbocycles. The largest absolute Gasteiger partial charge is 0.467 e. The van der Waals surface area contributed by atoms with E-state index in [1.54, 1.807) is 6.20 Å². The van der Waals surface area contributed by atoms with Crippen molar-refractivity contribution < 1.29 is 14.3 Å². The van der Waals surface area contributed by atoms with Crippen molar-refractivity contribution in [2.45, 2.75) is 39.8 Å². The number of aromatic nitrogens is 1. The highest BCUT2D eigenvalue weighted by molar-refractivity contribution is 7.15. The number of hydrogen-bond donors (Lipinski definition) is 1. The molecule has 3 rings (SSSR count). The van der Waals surface area contributed by atoms with Crippen LogP contribution in [0.2, 0.25) is 0 Å². The van der Waals surface area contributed by atoms with Gasteiger partial charge >= 0.3 is 0 Å². The number of fused-ring (bicyclic) bond motifs is 1. The first kappa shape index (κ1) is 18.2. The summed E-state index contributed by atoms with van der Waals surface area (Å²) in [6.45, 7) is 7.43. The van der Waals surface area contributed by atoms with Crippen molar-refractivity contribution in [1.29, 1.82) is 0 Å². The van der Waals surface area contributed by atoms with Crippen molar-refractivity contribution in [2.24, 2.45) is 0 Å². The minimum Gasteiger partial charge on any atom is -0.467 e. The van der Waals surface area contributed by atoms with E-state index < -0.39 is 0 Å². The molecule has 0 aliphatic rings. The Hall–Kier alpha value is -2.60. The molecule has 0 aliphatic carbocycles. The minimum absolute atomic E-state index is 0.0237. The van der Waals surface area contributed by atoms with Crippen LogP contribution in [0.3, 0.4) is 0 Å². The molecule has 0 bridgehead atoms. The number of hydrogen-bond acceptors (Lipinski definition) is 5. The fourth-order valence-electron chi connectivity index (χ4n) is 2.63. The first-order valence-electron chi connectivity index (χ1n) is 8.52. The topological polar surface area (TPSA) is 60.5 Å². The Morgan fingerprint density at radius 1 is 1.12 bits per heavy atom.